The third-order valence-electron chi connectivity index (χ3n) is 4.32. The lowest BCUT2D eigenvalue weighted by molar-refractivity contribution is -0.122. The predicted molar refractivity (Wildman–Crippen MR) is 109 cm³/mol. The molecule has 1 unspecified atom stereocenters. The minimum Gasteiger partial charge on any atom is -0.368 e. The summed E-state index contributed by atoms with van der Waals surface area (Å²) in [7, 11) is -4.17. The van der Waals surface area contributed by atoms with Gasteiger partial charge >= 0.3 is 0 Å². The van der Waals surface area contributed by atoms with Crippen LogP contribution >= 0.6 is 11.6 Å². The number of carbonyl (C=O) groups excluding carboxylic acids is 1. The van der Waals surface area contributed by atoms with E-state index < -0.39 is 27.8 Å². The smallest absolute Gasteiger partial charge is 0.244 e. The van der Waals surface area contributed by atoms with E-state index in [4.69, 9.17) is 17.3 Å². The molecule has 0 fully saturated rings. The molecule has 2 N–H and O–H groups in total. The first-order valence-electron chi connectivity index (χ1n) is 8.65. The maximum absolute atomic E-state index is 13.7. The highest BCUT2D eigenvalue weighted by Crippen LogP contribution is 2.30. The van der Waals surface area contributed by atoms with E-state index in [2.05, 4.69) is 0 Å². The van der Waals surface area contributed by atoms with E-state index in [1.165, 1.54) is 42.5 Å². The zero-order valence-corrected chi connectivity index (χ0v) is 16.8. The number of carbonyl (C=O) groups is 1. The van der Waals surface area contributed by atoms with Gasteiger partial charge in [-0.05, 0) is 47.5 Å². The van der Waals surface area contributed by atoms with Crippen molar-refractivity contribution in [2.45, 2.75) is 17.5 Å². The van der Waals surface area contributed by atoms with Crippen molar-refractivity contribution in [2.75, 3.05) is 0 Å². The van der Waals surface area contributed by atoms with Crippen LogP contribution in [0, 0.1) is 5.82 Å². The van der Waals surface area contributed by atoms with Crippen molar-refractivity contribution in [1.29, 1.82) is 0 Å². The van der Waals surface area contributed by atoms with Crippen molar-refractivity contribution in [3.05, 3.63) is 101 Å². The largest absolute Gasteiger partial charge is 0.368 e. The molecular weight excluding hydrogens is 415 g/mol. The van der Waals surface area contributed by atoms with E-state index in [1.54, 1.807) is 36.4 Å². The van der Waals surface area contributed by atoms with E-state index in [0.29, 0.717) is 16.1 Å². The second-order valence-corrected chi connectivity index (χ2v) is 8.68. The Morgan fingerprint density at radius 3 is 2.24 bits per heavy atom. The molecule has 8 heteroatoms. The lowest BCUT2D eigenvalue weighted by Gasteiger charge is -2.29. The third kappa shape index (κ3) is 4.82. The van der Waals surface area contributed by atoms with Gasteiger partial charge < -0.3 is 5.73 Å². The topological polar surface area (TPSA) is 80.5 Å². The van der Waals surface area contributed by atoms with E-state index in [0.717, 1.165) is 4.31 Å². The number of nitrogens with zero attached hydrogens (tertiary/aromatic N) is 1. The molecule has 3 rings (SSSR count). The van der Waals surface area contributed by atoms with Crippen molar-refractivity contribution in [3.63, 3.8) is 0 Å². The highest BCUT2D eigenvalue weighted by molar-refractivity contribution is 7.89. The van der Waals surface area contributed by atoms with Crippen molar-refractivity contribution >= 4 is 27.5 Å². The van der Waals surface area contributed by atoms with Gasteiger partial charge in [-0.15, -0.1) is 0 Å². The van der Waals surface area contributed by atoms with Crippen LogP contribution in [0.15, 0.2) is 83.8 Å². The first kappa shape index (κ1) is 21.0. The molecule has 150 valence electrons. The summed E-state index contributed by atoms with van der Waals surface area (Å²) >= 11 is 5.87. The van der Waals surface area contributed by atoms with E-state index in [9.17, 15) is 17.6 Å². The number of rotatable bonds is 7. The fraction of sp³-hybridized carbons (Fsp3) is 0.0952. The summed E-state index contributed by atoms with van der Waals surface area (Å²) in [5.41, 5.74) is 6.40. The Morgan fingerprint density at radius 2 is 1.66 bits per heavy atom. The number of sulfonamides is 1. The molecule has 0 aliphatic carbocycles. The Labute approximate surface area is 173 Å². The van der Waals surface area contributed by atoms with Gasteiger partial charge in [-0.3, -0.25) is 4.79 Å². The van der Waals surface area contributed by atoms with Gasteiger partial charge in [-0.25, -0.2) is 12.8 Å². The molecule has 1 amide bonds. The summed E-state index contributed by atoms with van der Waals surface area (Å²) < 4.78 is 41.5. The van der Waals surface area contributed by atoms with Gasteiger partial charge in [0.25, 0.3) is 0 Å². The standard InChI is InChI=1S/C21H18ClFN2O3S/c22-17-9-11-19(12-10-17)29(27,28)25(14-15-5-4-8-18(23)13-15)20(21(24)26)16-6-2-1-3-7-16/h1-13,20H,14H2,(H2,24,26). The molecule has 1 atom stereocenters. The Morgan fingerprint density at radius 1 is 1.00 bits per heavy atom. The molecule has 0 spiro atoms. The number of hydrogen-bond acceptors (Lipinski definition) is 3. The van der Waals surface area contributed by atoms with Gasteiger partial charge in [-0.2, -0.15) is 4.31 Å². The van der Waals surface area contributed by atoms with Gasteiger partial charge in [0.2, 0.25) is 15.9 Å². The van der Waals surface area contributed by atoms with Gasteiger partial charge in [-0.1, -0.05) is 54.1 Å². The van der Waals surface area contributed by atoms with Crippen molar-refractivity contribution in [1.82, 2.24) is 4.31 Å². The molecule has 29 heavy (non-hydrogen) atoms. The number of halogens is 2. The highest BCUT2D eigenvalue weighted by atomic mass is 35.5. The van der Waals surface area contributed by atoms with Crippen molar-refractivity contribution < 1.29 is 17.6 Å². The van der Waals surface area contributed by atoms with Crippen LogP contribution in [0.5, 0.6) is 0 Å². The van der Waals surface area contributed by atoms with Crippen molar-refractivity contribution in [2.24, 2.45) is 5.73 Å². The molecule has 3 aromatic rings. The quantitative estimate of drug-likeness (QED) is 0.614. The average molecular weight is 433 g/mol. The molecule has 0 aliphatic rings. The SMILES string of the molecule is NC(=O)C(c1ccccc1)N(Cc1cccc(F)c1)S(=O)(=O)c1ccc(Cl)cc1. The number of amides is 1. The van der Waals surface area contributed by atoms with Crippen LogP contribution in [0.2, 0.25) is 5.02 Å². The summed E-state index contributed by atoms with van der Waals surface area (Å²) in [4.78, 5) is 12.3. The van der Waals surface area contributed by atoms with Crippen molar-refractivity contribution in [3.8, 4) is 0 Å². The van der Waals surface area contributed by atoms with Gasteiger partial charge in [0.05, 0.1) is 4.90 Å². The van der Waals surface area contributed by atoms with Crippen LogP contribution < -0.4 is 5.73 Å². The van der Waals surface area contributed by atoms with Gasteiger partial charge in [0.15, 0.2) is 0 Å². The van der Waals surface area contributed by atoms with Crippen LogP contribution in [0.3, 0.4) is 0 Å². The first-order chi connectivity index (χ1) is 13.8. The molecule has 0 aliphatic heterocycles. The summed E-state index contributed by atoms with van der Waals surface area (Å²) in [5.74, 6) is -1.35. The number of benzene rings is 3. The summed E-state index contributed by atoms with van der Waals surface area (Å²) in [6.45, 7) is -0.245. The number of hydrogen-bond donors (Lipinski definition) is 1. The second kappa shape index (κ2) is 8.73. The van der Waals surface area contributed by atoms with Crippen LogP contribution in [-0.4, -0.2) is 18.6 Å². The second-order valence-electron chi connectivity index (χ2n) is 6.35. The first-order valence-corrected chi connectivity index (χ1v) is 10.5. The summed E-state index contributed by atoms with van der Waals surface area (Å²) in [6, 6.07) is 18.2. The van der Waals surface area contributed by atoms with Crippen LogP contribution in [0.25, 0.3) is 0 Å². The lowest BCUT2D eigenvalue weighted by atomic mass is 10.1. The fourth-order valence-corrected chi connectivity index (χ4v) is 4.68. The Kier molecular flexibility index (Phi) is 6.32. The third-order valence-corrected chi connectivity index (χ3v) is 6.40. The predicted octanol–water partition coefficient (Wildman–Crippen LogP) is 3.90. The van der Waals surface area contributed by atoms with Crippen LogP contribution in [-0.2, 0) is 21.4 Å². The number of nitrogens with two attached hydrogens (primary N) is 1. The Balaban J connectivity index is 2.14. The monoisotopic (exact) mass is 432 g/mol. The maximum Gasteiger partial charge on any atom is 0.244 e. The summed E-state index contributed by atoms with van der Waals surface area (Å²) in [6.07, 6.45) is 0. The molecule has 0 heterocycles. The molecule has 3 aromatic carbocycles. The van der Waals surface area contributed by atoms with E-state index in [1.807, 2.05) is 0 Å². The zero-order chi connectivity index (χ0) is 21.0. The zero-order valence-electron chi connectivity index (χ0n) is 15.2. The van der Waals surface area contributed by atoms with E-state index >= 15 is 0 Å². The van der Waals surface area contributed by atoms with E-state index in [-0.39, 0.29) is 11.4 Å². The minimum atomic E-state index is -4.17. The summed E-state index contributed by atoms with van der Waals surface area (Å²) in [5, 5.41) is 0.371. The minimum absolute atomic E-state index is 0.0551. The lowest BCUT2D eigenvalue weighted by Crippen LogP contribution is -2.41. The molecular formula is C21H18ClFN2O3S. The van der Waals surface area contributed by atoms with Gasteiger partial charge in [0, 0.05) is 11.6 Å². The highest BCUT2D eigenvalue weighted by Gasteiger charge is 2.36. The normalized spacial score (nSPS) is 12.7. The number of primary amides is 1. The van der Waals surface area contributed by atoms with Gasteiger partial charge in [0.1, 0.15) is 11.9 Å². The Bertz CT molecular complexity index is 1110. The maximum atomic E-state index is 13.7. The molecule has 0 saturated carbocycles. The fourth-order valence-electron chi connectivity index (χ4n) is 2.98. The molecule has 5 nitrogen and oxygen atoms in total. The molecule has 0 saturated heterocycles. The average Bonchev–Trinajstić information content (AvgIpc) is 2.68. The molecule has 0 bridgehead atoms. The van der Waals surface area contributed by atoms with Crippen LogP contribution in [0.1, 0.15) is 17.2 Å². The molecule has 0 aromatic heterocycles. The molecule has 0 radical (unpaired) electrons. The van der Waals surface area contributed by atoms with Crippen LogP contribution in [0.4, 0.5) is 4.39 Å². The Hall–Kier alpha value is -2.74.